The van der Waals surface area contributed by atoms with Gasteiger partial charge in [-0.2, -0.15) is 5.26 Å². The van der Waals surface area contributed by atoms with Crippen LogP contribution in [-0.4, -0.2) is 43.2 Å². The highest BCUT2D eigenvalue weighted by molar-refractivity contribution is 8.01. The first-order chi connectivity index (χ1) is 17.0. The van der Waals surface area contributed by atoms with Crippen LogP contribution >= 0.6 is 11.8 Å². The lowest BCUT2D eigenvalue weighted by molar-refractivity contribution is -0.123. The molecule has 35 heavy (non-hydrogen) atoms. The molecule has 1 atom stereocenters. The van der Waals surface area contributed by atoms with Gasteiger partial charge in [0.2, 0.25) is 0 Å². The van der Waals surface area contributed by atoms with Gasteiger partial charge in [0.25, 0.3) is 11.8 Å². The Morgan fingerprint density at radius 1 is 1.06 bits per heavy atom. The number of amides is 2. The van der Waals surface area contributed by atoms with E-state index >= 15 is 0 Å². The topological polar surface area (TPSA) is 82.9 Å². The third kappa shape index (κ3) is 3.69. The average Bonchev–Trinajstić information content (AvgIpc) is 3.45. The summed E-state index contributed by atoms with van der Waals surface area (Å²) >= 11 is 1.46. The maximum Gasteiger partial charge on any atom is 0.268 e. The number of nitriles is 1. The molecule has 3 aromatic rings. The van der Waals surface area contributed by atoms with Crippen molar-refractivity contribution in [2.24, 2.45) is 0 Å². The van der Waals surface area contributed by atoms with Gasteiger partial charge in [-0.3, -0.25) is 9.59 Å². The normalized spacial score (nSPS) is 18.5. The first-order valence-corrected chi connectivity index (χ1v) is 12.1. The van der Waals surface area contributed by atoms with Gasteiger partial charge in [0.1, 0.15) is 11.5 Å². The number of anilines is 1. The van der Waals surface area contributed by atoms with E-state index in [4.69, 9.17) is 9.47 Å². The summed E-state index contributed by atoms with van der Waals surface area (Å²) in [5, 5.41) is 9.30. The molecule has 0 saturated carbocycles. The maximum absolute atomic E-state index is 14.2. The van der Waals surface area contributed by atoms with E-state index in [1.54, 1.807) is 60.4 Å². The zero-order valence-electron chi connectivity index (χ0n) is 19.4. The number of nitrogens with zero attached hydrogens (tertiary/aromatic N) is 3. The Kier molecular flexibility index (Phi) is 5.87. The molecular formula is C27H23N3O4S. The number of rotatable bonds is 5. The molecule has 3 aromatic carbocycles. The predicted octanol–water partition coefficient (Wildman–Crippen LogP) is 4.16. The summed E-state index contributed by atoms with van der Waals surface area (Å²) in [6.07, 6.45) is 0. The minimum Gasteiger partial charge on any atom is -0.497 e. The Morgan fingerprint density at radius 3 is 2.51 bits per heavy atom. The third-order valence-corrected chi connectivity index (χ3v) is 7.80. The van der Waals surface area contributed by atoms with Gasteiger partial charge >= 0.3 is 0 Å². The molecule has 0 aromatic heterocycles. The molecule has 2 heterocycles. The van der Waals surface area contributed by atoms with E-state index < -0.39 is 4.87 Å². The van der Waals surface area contributed by atoms with E-state index in [1.807, 2.05) is 30.3 Å². The fourth-order valence-corrected chi connectivity index (χ4v) is 6.14. The van der Waals surface area contributed by atoms with Crippen LogP contribution in [-0.2, 0) is 16.2 Å². The quantitative estimate of drug-likeness (QED) is 0.540. The number of benzene rings is 3. The summed E-state index contributed by atoms with van der Waals surface area (Å²) in [4.78, 5) is 30.1. The van der Waals surface area contributed by atoms with Crippen LogP contribution in [0.15, 0.2) is 66.7 Å². The fourth-order valence-electron chi connectivity index (χ4n) is 4.69. The number of methoxy groups -OCH3 is 2. The number of hydrogen-bond donors (Lipinski definition) is 0. The van der Waals surface area contributed by atoms with Gasteiger partial charge in [0.15, 0.2) is 4.87 Å². The molecule has 0 bridgehead atoms. The van der Waals surface area contributed by atoms with E-state index in [0.717, 1.165) is 16.8 Å². The highest BCUT2D eigenvalue weighted by atomic mass is 32.2. The van der Waals surface area contributed by atoms with Crippen LogP contribution in [0.5, 0.6) is 11.5 Å². The van der Waals surface area contributed by atoms with Crippen molar-refractivity contribution in [2.75, 3.05) is 31.4 Å². The highest BCUT2D eigenvalue weighted by Gasteiger charge is 2.59. The van der Waals surface area contributed by atoms with Crippen LogP contribution in [0.3, 0.4) is 0 Å². The summed E-state index contributed by atoms with van der Waals surface area (Å²) in [5.74, 6) is 1.52. The monoisotopic (exact) mass is 485 g/mol. The van der Waals surface area contributed by atoms with Crippen molar-refractivity contribution < 1.29 is 19.1 Å². The SMILES string of the molecule is COc1ccc(C(=O)N2CCS[C@]23C(=O)N(Cc2cccc(C#N)c2)c2ccc(OC)cc23)cc1. The van der Waals surface area contributed by atoms with Gasteiger partial charge in [-0.1, -0.05) is 12.1 Å². The minimum absolute atomic E-state index is 0.174. The summed E-state index contributed by atoms with van der Waals surface area (Å²) in [7, 11) is 3.16. The fraction of sp³-hybridized carbons (Fsp3) is 0.222. The van der Waals surface area contributed by atoms with Crippen molar-refractivity contribution >= 4 is 29.3 Å². The van der Waals surface area contributed by atoms with Crippen LogP contribution in [0.2, 0.25) is 0 Å². The summed E-state index contributed by atoms with van der Waals surface area (Å²) in [6.45, 7) is 0.732. The lowest BCUT2D eigenvalue weighted by atomic mass is 10.0. The van der Waals surface area contributed by atoms with E-state index in [-0.39, 0.29) is 11.8 Å². The smallest absolute Gasteiger partial charge is 0.268 e. The number of thioether (sulfide) groups is 1. The van der Waals surface area contributed by atoms with Gasteiger partial charge in [0.05, 0.1) is 38.1 Å². The van der Waals surface area contributed by atoms with Crippen LogP contribution in [0.1, 0.15) is 27.0 Å². The lowest BCUT2D eigenvalue weighted by Gasteiger charge is -2.33. The maximum atomic E-state index is 14.2. The summed E-state index contributed by atoms with van der Waals surface area (Å²) in [5.41, 5.74) is 3.34. The number of hydrogen-bond acceptors (Lipinski definition) is 6. The van der Waals surface area contributed by atoms with E-state index in [0.29, 0.717) is 41.5 Å². The Balaban J connectivity index is 1.58. The standard InChI is InChI=1S/C27H23N3O4S/c1-33-21-8-6-20(7-9-21)25(31)30-12-13-35-27(30)23-15-22(34-2)10-11-24(23)29(26(27)32)17-19-5-3-4-18(14-19)16-28/h3-11,14-15H,12-13,17H2,1-2H3/t27-/m1/s1. The molecule has 1 fully saturated rings. The Labute approximate surface area is 207 Å². The van der Waals surface area contributed by atoms with Crippen molar-refractivity contribution in [1.82, 2.24) is 4.90 Å². The van der Waals surface area contributed by atoms with Crippen molar-refractivity contribution in [3.05, 3.63) is 89.0 Å². The first-order valence-electron chi connectivity index (χ1n) is 11.1. The molecular weight excluding hydrogens is 462 g/mol. The third-order valence-electron chi connectivity index (χ3n) is 6.38. The second kappa shape index (κ2) is 9.01. The molecule has 2 aliphatic heterocycles. The van der Waals surface area contributed by atoms with Crippen molar-refractivity contribution in [2.45, 2.75) is 11.4 Å². The van der Waals surface area contributed by atoms with E-state index in [2.05, 4.69) is 6.07 Å². The summed E-state index contributed by atoms with van der Waals surface area (Å²) < 4.78 is 10.7. The van der Waals surface area contributed by atoms with Crippen molar-refractivity contribution in [3.63, 3.8) is 0 Å². The van der Waals surface area contributed by atoms with Gasteiger partial charge in [0, 0.05) is 23.4 Å². The summed E-state index contributed by atoms with van der Waals surface area (Å²) in [6, 6.07) is 21.8. The number of ether oxygens (including phenoxy) is 2. The van der Waals surface area contributed by atoms with Gasteiger partial charge < -0.3 is 19.3 Å². The van der Waals surface area contributed by atoms with E-state index in [1.165, 1.54) is 11.8 Å². The number of fused-ring (bicyclic) bond motifs is 2. The zero-order chi connectivity index (χ0) is 24.6. The number of carbonyl (C=O) groups is 2. The first kappa shape index (κ1) is 22.8. The van der Waals surface area contributed by atoms with E-state index in [9.17, 15) is 14.9 Å². The van der Waals surface area contributed by atoms with Gasteiger partial charge in [-0.25, -0.2) is 0 Å². The van der Waals surface area contributed by atoms with Crippen molar-refractivity contribution in [1.29, 1.82) is 5.26 Å². The molecule has 2 amide bonds. The minimum atomic E-state index is -1.19. The molecule has 7 nitrogen and oxygen atoms in total. The predicted molar refractivity (Wildman–Crippen MR) is 134 cm³/mol. The Hall–Kier alpha value is -3.96. The Bertz CT molecular complexity index is 1350. The van der Waals surface area contributed by atoms with Gasteiger partial charge in [-0.05, 0) is 60.2 Å². The molecule has 0 N–H and O–H groups in total. The molecule has 8 heteroatoms. The second-order valence-corrected chi connectivity index (χ2v) is 9.55. The molecule has 5 rings (SSSR count). The molecule has 0 aliphatic carbocycles. The molecule has 1 saturated heterocycles. The molecule has 2 aliphatic rings. The molecule has 0 unspecified atom stereocenters. The Morgan fingerprint density at radius 2 is 1.80 bits per heavy atom. The van der Waals surface area contributed by atoms with Crippen LogP contribution in [0.25, 0.3) is 0 Å². The van der Waals surface area contributed by atoms with Crippen molar-refractivity contribution in [3.8, 4) is 17.6 Å². The van der Waals surface area contributed by atoms with Crippen LogP contribution < -0.4 is 14.4 Å². The van der Waals surface area contributed by atoms with Gasteiger partial charge in [-0.15, -0.1) is 11.8 Å². The average molecular weight is 486 g/mol. The molecule has 1 spiro atoms. The largest absolute Gasteiger partial charge is 0.497 e. The second-order valence-electron chi connectivity index (χ2n) is 8.26. The van der Waals surface area contributed by atoms with Crippen LogP contribution in [0, 0.1) is 11.3 Å². The molecule has 0 radical (unpaired) electrons. The lowest BCUT2D eigenvalue weighted by Crippen LogP contribution is -2.50. The van der Waals surface area contributed by atoms with Crippen LogP contribution in [0.4, 0.5) is 5.69 Å². The molecule has 176 valence electrons. The zero-order valence-corrected chi connectivity index (χ0v) is 20.2. The number of carbonyl (C=O) groups excluding carboxylic acids is 2. The highest BCUT2D eigenvalue weighted by Crippen LogP contribution is 2.55.